The van der Waals surface area contributed by atoms with E-state index in [1.807, 2.05) is 44.2 Å². The molecule has 4 aromatic rings. The monoisotopic (exact) mass is 465 g/mol. The van der Waals surface area contributed by atoms with E-state index in [0.717, 1.165) is 17.4 Å². The van der Waals surface area contributed by atoms with Crippen molar-refractivity contribution in [2.75, 3.05) is 11.3 Å². The molecule has 1 heterocycles. The first-order valence-electron chi connectivity index (χ1n) is 11.0. The minimum absolute atomic E-state index is 0.210. The number of nitrogens with one attached hydrogen (secondary N) is 1. The molecule has 0 spiro atoms. The van der Waals surface area contributed by atoms with Crippen molar-refractivity contribution in [1.29, 1.82) is 0 Å². The minimum Gasteiger partial charge on any atom is -0.462 e. The van der Waals surface area contributed by atoms with E-state index in [1.54, 1.807) is 32.0 Å². The third-order valence-corrected chi connectivity index (χ3v) is 7.12. The third-order valence-electron chi connectivity index (χ3n) is 5.59. The Labute approximate surface area is 193 Å². The summed E-state index contributed by atoms with van der Waals surface area (Å²) in [6.45, 7) is 7.68. The van der Waals surface area contributed by atoms with Gasteiger partial charge in [-0.25, -0.2) is 13.2 Å². The fourth-order valence-electron chi connectivity index (χ4n) is 4.18. The first-order valence-corrected chi connectivity index (χ1v) is 12.5. The molecule has 0 aliphatic rings. The fraction of sp³-hybridized carbons (Fsp3) is 0.269. The molecule has 0 fully saturated rings. The molecule has 0 unspecified atom stereocenters. The predicted octanol–water partition coefficient (Wildman–Crippen LogP) is 6.13. The summed E-state index contributed by atoms with van der Waals surface area (Å²) in [5, 5.41) is 1.95. The van der Waals surface area contributed by atoms with Gasteiger partial charge in [-0.15, -0.1) is 0 Å². The quantitative estimate of drug-likeness (QED) is 0.332. The van der Waals surface area contributed by atoms with Gasteiger partial charge in [0.15, 0.2) is 0 Å². The number of esters is 1. The molecule has 0 amide bonds. The minimum atomic E-state index is -3.86. The normalized spacial score (nSPS) is 11.8. The lowest BCUT2D eigenvalue weighted by Gasteiger charge is -2.13. The zero-order valence-electron chi connectivity index (χ0n) is 19.2. The molecule has 0 bridgehead atoms. The highest BCUT2D eigenvalue weighted by molar-refractivity contribution is 7.92. The number of hydrogen-bond acceptors (Lipinski definition) is 5. The molecular weight excluding hydrogens is 438 g/mol. The van der Waals surface area contributed by atoms with Crippen LogP contribution in [0.2, 0.25) is 0 Å². The van der Waals surface area contributed by atoms with Gasteiger partial charge < -0.3 is 9.15 Å². The van der Waals surface area contributed by atoms with Crippen molar-refractivity contribution in [3.63, 3.8) is 0 Å². The Kier molecular flexibility index (Phi) is 6.17. The lowest BCUT2D eigenvalue weighted by atomic mass is 10.0. The Morgan fingerprint density at radius 3 is 2.39 bits per heavy atom. The maximum absolute atomic E-state index is 13.3. The zero-order chi connectivity index (χ0) is 23.8. The van der Waals surface area contributed by atoms with Gasteiger partial charge in [-0.05, 0) is 44.9 Å². The van der Waals surface area contributed by atoms with Gasteiger partial charge in [-0.3, -0.25) is 4.72 Å². The SMILES string of the molecule is CCCc1oc2c(cc(NS(=O)(=O)c3ccc(C)cc3C)c3ccccc32)c1C(=O)OCC. The summed E-state index contributed by atoms with van der Waals surface area (Å²) in [6, 6.07) is 14.3. The summed E-state index contributed by atoms with van der Waals surface area (Å²) >= 11 is 0. The van der Waals surface area contributed by atoms with E-state index >= 15 is 0 Å². The van der Waals surface area contributed by atoms with Gasteiger partial charge in [-0.1, -0.05) is 48.9 Å². The van der Waals surface area contributed by atoms with E-state index < -0.39 is 16.0 Å². The summed E-state index contributed by atoms with van der Waals surface area (Å²) in [5.74, 6) is 0.0728. The number of carbonyl (C=O) groups excluding carboxylic acids is 1. The number of carbonyl (C=O) groups is 1. The van der Waals surface area contributed by atoms with E-state index in [1.165, 1.54) is 0 Å². The van der Waals surface area contributed by atoms with E-state index in [0.29, 0.717) is 45.4 Å². The molecule has 1 aromatic heterocycles. The van der Waals surface area contributed by atoms with Crippen molar-refractivity contribution in [3.8, 4) is 0 Å². The van der Waals surface area contributed by atoms with Crippen LogP contribution >= 0.6 is 0 Å². The molecule has 0 saturated carbocycles. The Bertz CT molecular complexity index is 1470. The molecule has 3 aromatic carbocycles. The topological polar surface area (TPSA) is 85.6 Å². The molecule has 172 valence electrons. The van der Waals surface area contributed by atoms with Gasteiger partial charge in [0.1, 0.15) is 16.9 Å². The number of furan rings is 1. The number of rotatable bonds is 7. The fourth-order valence-corrected chi connectivity index (χ4v) is 5.48. The maximum Gasteiger partial charge on any atom is 0.342 e. The second-order valence-corrected chi connectivity index (χ2v) is 9.74. The molecule has 0 saturated heterocycles. The van der Waals surface area contributed by atoms with Crippen LogP contribution in [0.5, 0.6) is 0 Å². The van der Waals surface area contributed by atoms with Crippen molar-refractivity contribution in [1.82, 2.24) is 0 Å². The van der Waals surface area contributed by atoms with Gasteiger partial charge >= 0.3 is 5.97 Å². The van der Waals surface area contributed by atoms with Crippen LogP contribution in [0.1, 0.15) is 47.5 Å². The van der Waals surface area contributed by atoms with Gasteiger partial charge in [0.05, 0.1) is 17.2 Å². The van der Waals surface area contributed by atoms with Crippen LogP contribution in [0.25, 0.3) is 21.7 Å². The number of benzene rings is 3. The molecule has 1 N–H and O–H groups in total. The molecular formula is C26H27NO5S. The van der Waals surface area contributed by atoms with Crippen LogP contribution in [0.15, 0.2) is 57.8 Å². The number of hydrogen-bond donors (Lipinski definition) is 1. The Balaban J connectivity index is 1.96. The standard InChI is InChI=1S/C26H27NO5S/c1-5-9-22-24(26(28)31-6-2)20-15-21(18-10-7-8-11-19(18)25(20)32-22)27-33(29,30)23-13-12-16(3)14-17(23)4/h7-8,10-15,27H,5-6,9H2,1-4H3. The first kappa shape index (κ1) is 22.9. The van der Waals surface area contributed by atoms with Crippen molar-refractivity contribution in [2.45, 2.75) is 45.4 Å². The van der Waals surface area contributed by atoms with Crippen LogP contribution in [-0.2, 0) is 21.2 Å². The summed E-state index contributed by atoms with van der Waals surface area (Å²) in [4.78, 5) is 13.0. The summed E-state index contributed by atoms with van der Waals surface area (Å²) < 4.78 is 40.8. The molecule has 0 atom stereocenters. The number of fused-ring (bicyclic) bond motifs is 3. The summed E-state index contributed by atoms with van der Waals surface area (Å²) in [6.07, 6.45) is 1.36. The van der Waals surface area contributed by atoms with Crippen molar-refractivity contribution >= 4 is 43.4 Å². The third kappa shape index (κ3) is 4.20. The molecule has 0 radical (unpaired) electrons. The average molecular weight is 466 g/mol. The Hall–Kier alpha value is -3.32. The first-order chi connectivity index (χ1) is 15.8. The van der Waals surface area contributed by atoms with Crippen LogP contribution in [0, 0.1) is 13.8 Å². The van der Waals surface area contributed by atoms with Crippen molar-refractivity contribution < 1.29 is 22.4 Å². The zero-order valence-corrected chi connectivity index (χ0v) is 20.0. The average Bonchev–Trinajstić information content (AvgIpc) is 3.12. The van der Waals surface area contributed by atoms with Gasteiger partial charge in [0.25, 0.3) is 10.0 Å². The van der Waals surface area contributed by atoms with Crippen molar-refractivity contribution in [3.05, 3.63) is 71.0 Å². The number of sulfonamides is 1. The number of aryl methyl sites for hydroxylation is 3. The number of anilines is 1. The summed E-state index contributed by atoms with van der Waals surface area (Å²) in [5.41, 5.74) is 2.93. The van der Waals surface area contributed by atoms with E-state index in [4.69, 9.17) is 9.15 Å². The largest absolute Gasteiger partial charge is 0.462 e. The smallest absolute Gasteiger partial charge is 0.342 e. The van der Waals surface area contributed by atoms with E-state index in [2.05, 4.69) is 4.72 Å². The molecule has 0 aliphatic carbocycles. The highest BCUT2D eigenvalue weighted by atomic mass is 32.2. The lowest BCUT2D eigenvalue weighted by Crippen LogP contribution is -2.14. The van der Waals surface area contributed by atoms with Crippen LogP contribution in [0.4, 0.5) is 5.69 Å². The van der Waals surface area contributed by atoms with E-state index in [9.17, 15) is 13.2 Å². The second kappa shape index (κ2) is 8.90. The summed E-state index contributed by atoms with van der Waals surface area (Å²) in [7, 11) is -3.86. The van der Waals surface area contributed by atoms with Gasteiger partial charge in [0, 0.05) is 22.6 Å². The molecule has 7 heteroatoms. The Morgan fingerprint density at radius 1 is 1.00 bits per heavy atom. The maximum atomic E-state index is 13.3. The molecule has 4 rings (SSSR count). The molecule has 33 heavy (non-hydrogen) atoms. The predicted molar refractivity (Wildman–Crippen MR) is 130 cm³/mol. The van der Waals surface area contributed by atoms with Crippen LogP contribution in [0.3, 0.4) is 0 Å². The van der Waals surface area contributed by atoms with Crippen LogP contribution in [-0.4, -0.2) is 21.0 Å². The second-order valence-electron chi connectivity index (χ2n) is 8.09. The Morgan fingerprint density at radius 2 is 1.73 bits per heavy atom. The van der Waals surface area contributed by atoms with Gasteiger partial charge in [-0.2, -0.15) is 0 Å². The van der Waals surface area contributed by atoms with E-state index in [-0.39, 0.29) is 11.5 Å². The van der Waals surface area contributed by atoms with Gasteiger partial charge in [0.2, 0.25) is 0 Å². The van der Waals surface area contributed by atoms with Crippen LogP contribution < -0.4 is 4.72 Å². The lowest BCUT2D eigenvalue weighted by molar-refractivity contribution is 0.0526. The van der Waals surface area contributed by atoms with Crippen molar-refractivity contribution in [2.24, 2.45) is 0 Å². The highest BCUT2D eigenvalue weighted by Crippen LogP contribution is 2.38. The molecule has 0 aliphatic heterocycles. The number of ether oxygens (including phenoxy) is 1. The highest BCUT2D eigenvalue weighted by Gasteiger charge is 2.25. The molecule has 6 nitrogen and oxygen atoms in total.